The lowest BCUT2D eigenvalue weighted by Gasteiger charge is -2.32. The molecule has 0 bridgehead atoms. The van der Waals surface area contributed by atoms with Crippen molar-refractivity contribution in [1.29, 1.82) is 0 Å². The van der Waals surface area contributed by atoms with Gasteiger partial charge in [-0.3, -0.25) is 9.69 Å². The van der Waals surface area contributed by atoms with E-state index in [4.69, 9.17) is 22.1 Å². The van der Waals surface area contributed by atoms with Crippen LogP contribution in [0.3, 0.4) is 0 Å². The van der Waals surface area contributed by atoms with Crippen LogP contribution in [0.2, 0.25) is 0 Å². The summed E-state index contributed by atoms with van der Waals surface area (Å²) in [5.41, 5.74) is 8.17. The summed E-state index contributed by atoms with van der Waals surface area (Å²) in [5, 5.41) is 7.99. The predicted octanol–water partition coefficient (Wildman–Crippen LogP) is 6.88. The standard InChI is InChI=1S/C33H28F4N8O2/c1-39-22-7-3-19(4-8-22)17-44-13-11-23(12-14-44)45-31-28(30(38)40-18-41-31)29(43-45)20-5-10-26(27(15-20)47-2)42-32(46)24-9-6-21(16-25(24)34)33(35,36)37/h3-10,15-16,18,23H,11-14,17H2,2H3,(H,42,46)(H2,38,40,41). The number of hydrogen-bond acceptors (Lipinski definition) is 7. The minimum Gasteiger partial charge on any atom is -0.495 e. The van der Waals surface area contributed by atoms with Crippen LogP contribution in [0.5, 0.6) is 5.75 Å². The van der Waals surface area contributed by atoms with Crippen molar-refractivity contribution in [2.24, 2.45) is 0 Å². The van der Waals surface area contributed by atoms with Gasteiger partial charge in [0.25, 0.3) is 5.91 Å². The number of fused-ring (bicyclic) bond motifs is 1. The van der Waals surface area contributed by atoms with Crippen LogP contribution < -0.4 is 15.8 Å². The lowest BCUT2D eigenvalue weighted by atomic mass is 10.0. The summed E-state index contributed by atoms with van der Waals surface area (Å²) in [5.74, 6) is -1.80. The van der Waals surface area contributed by atoms with Gasteiger partial charge in [0.15, 0.2) is 11.3 Å². The number of nitrogens with one attached hydrogen (secondary N) is 1. The van der Waals surface area contributed by atoms with Gasteiger partial charge in [-0.2, -0.15) is 18.3 Å². The van der Waals surface area contributed by atoms with E-state index in [1.54, 1.807) is 12.1 Å². The van der Waals surface area contributed by atoms with E-state index >= 15 is 0 Å². The summed E-state index contributed by atoms with van der Waals surface area (Å²) < 4.78 is 60.7. The Balaban J connectivity index is 1.23. The third-order valence-corrected chi connectivity index (χ3v) is 8.16. The summed E-state index contributed by atoms with van der Waals surface area (Å²) >= 11 is 0. The molecule has 1 aliphatic rings. The number of aromatic nitrogens is 4. The number of carbonyl (C=O) groups excluding carboxylic acids is 1. The van der Waals surface area contributed by atoms with Gasteiger partial charge in [-0.15, -0.1) is 0 Å². The number of halogens is 4. The molecule has 240 valence electrons. The molecule has 0 radical (unpaired) electrons. The van der Waals surface area contributed by atoms with Crippen LogP contribution in [-0.2, 0) is 12.7 Å². The normalized spacial score (nSPS) is 14.2. The lowest BCUT2D eigenvalue weighted by molar-refractivity contribution is -0.137. The number of rotatable bonds is 7. The smallest absolute Gasteiger partial charge is 0.416 e. The van der Waals surface area contributed by atoms with Gasteiger partial charge in [0.05, 0.1) is 41.9 Å². The first kappa shape index (κ1) is 31.4. The van der Waals surface area contributed by atoms with Gasteiger partial charge in [0, 0.05) is 25.2 Å². The molecule has 14 heteroatoms. The molecule has 0 saturated carbocycles. The Morgan fingerprint density at radius 2 is 1.83 bits per heavy atom. The van der Waals surface area contributed by atoms with Gasteiger partial charge >= 0.3 is 6.18 Å². The quantitative estimate of drug-likeness (QED) is 0.147. The first-order valence-corrected chi connectivity index (χ1v) is 14.6. The number of nitrogen functional groups attached to an aromatic ring is 1. The Hall–Kier alpha value is -5.55. The molecule has 1 fully saturated rings. The van der Waals surface area contributed by atoms with Crippen LogP contribution in [0.25, 0.3) is 27.1 Å². The summed E-state index contributed by atoms with van der Waals surface area (Å²) in [6.45, 7) is 9.57. The summed E-state index contributed by atoms with van der Waals surface area (Å²) in [4.78, 5) is 27.3. The fourth-order valence-corrected chi connectivity index (χ4v) is 5.72. The largest absolute Gasteiger partial charge is 0.495 e. The molecular formula is C33H28F4N8O2. The monoisotopic (exact) mass is 644 g/mol. The lowest BCUT2D eigenvalue weighted by Crippen LogP contribution is -2.34. The molecule has 6 rings (SSSR count). The topological polar surface area (TPSA) is 116 Å². The van der Waals surface area contributed by atoms with Gasteiger partial charge in [0.1, 0.15) is 29.4 Å². The molecule has 0 atom stereocenters. The zero-order valence-electron chi connectivity index (χ0n) is 25.1. The van der Waals surface area contributed by atoms with E-state index in [-0.39, 0.29) is 29.4 Å². The molecule has 3 N–H and O–H groups in total. The number of nitrogens with zero attached hydrogens (tertiary/aromatic N) is 6. The van der Waals surface area contributed by atoms with Gasteiger partial charge in [-0.05, 0) is 48.7 Å². The van der Waals surface area contributed by atoms with Crippen molar-refractivity contribution < 1.29 is 27.1 Å². The predicted molar refractivity (Wildman–Crippen MR) is 167 cm³/mol. The molecule has 1 amide bonds. The van der Waals surface area contributed by atoms with E-state index in [0.717, 1.165) is 44.1 Å². The molecule has 0 aliphatic carbocycles. The molecule has 1 aliphatic heterocycles. The second kappa shape index (κ2) is 12.7. The molecule has 3 heterocycles. The molecular weight excluding hydrogens is 616 g/mol. The minimum absolute atomic E-state index is 0.0420. The van der Waals surface area contributed by atoms with Crippen LogP contribution in [0.15, 0.2) is 67.0 Å². The van der Waals surface area contributed by atoms with Crippen LogP contribution in [0.1, 0.15) is 40.4 Å². The number of hydrogen-bond donors (Lipinski definition) is 2. The van der Waals surface area contributed by atoms with Crippen molar-refractivity contribution in [3.05, 3.63) is 101 Å². The number of ether oxygens (including phenoxy) is 1. The van der Waals surface area contributed by atoms with Crippen molar-refractivity contribution in [1.82, 2.24) is 24.6 Å². The van der Waals surface area contributed by atoms with E-state index in [0.29, 0.717) is 34.0 Å². The van der Waals surface area contributed by atoms with Crippen molar-refractivity contribution in [2.45, 2.75) is 31.6 Å². The maximum absolute atomic E-state index is 14.5. The van der Waals surface area contributed by atoms with E-state index in [1.165, 1.54) is 19.5 Å². The average Bonchev–Trinajstić information content (AvgIpc) is 3.46. The van der Waals surface area contributed by atoms with Crippen LogP contribution >= 0.6 is 0 Å². The molecule has 2 aromatic heterocycles. The second-order valence-electron chi connectivity index (χ2n) is 11.1. The number of amides is 1. The first-order valence-electron chi connectivity index (χ1n) is 14.6. The van der Waals surface area contributed by atoms with Crippen molar-refractivity contribution in [3.63, 3.8) is 0 Å². The fraction of sp³-hybridized carbons (Fsp3) is 0.242. The van der Waals surface area contributed by atoms with Crippen LogP contribution in [-0.4, -0.2) is 50.8 Å². The van der Waals surface area contributed by atoms with Gasteiger partial charge in [-0.1, -0.05) is 30.3 Å². The fourth-order valence-electron chi connectivity index (χ4n) is 5.72. The molecule has 0 spiro atoms. The second-order valence-corrected chi connectivity index (χ2v) is 11.1. The number of likely N-dealkylation sites (tertiary alicyclic amines) is 1. The summed E-state index contributed by atoms with van der Waals surface area (Å²) in [6.07, 6.45) is -1.73. The Morgan fingerprint density at radius 1 is 1.09 bits per heavy atom. The highest BCUT2D eigenvalue weighted by Gasteiger charge is 2.32. The number of benzene rings is 3. The van der Waals surface area contributed by atoms with Crippen molar-refractivity contribution in [2.75, 3.05) is 31.2 Å². The molecule has 10 nitrogen and oxygen atoms in total. The van der Waals surface area contributed by atoms with E-state index < -0.39 is 29.0 Å². The zero-order chi connectivity index (χ0) is 33.3. The third-order valence-electron chi connectivity index (χ3n) is 8.16. The number of piperidine rings is 1. The average molecular weight is 645 g/mol. The highest BCUT2D eigenvalue weighted by Crippen LogP contribution is 2.38. The molecule has 3 aromatic carbocycles. The maximum atomic E-state index is 14.5. The van der Waals surface area contributed by atoms with E-state index in [2.05, 4.69) is 25.0 Å². The summed E-state index contributed by atoms with van der Waals surface area (Å²) in [7, 11) is 1.38. The van der Waals surface area contributed by atoms with Crippen molar-refractivity contribution in [3.8, 4) is 17.0 Å². The Bertz CT molecular complexity index is 2000. The Morgan fingerprint density at radius 3 is 2.49 bits per heavy atom. The van der Waals surface area contributed by atoms with Crippen LogP contribution in [0, 0.1) is 12.4 Å². The van der Waals surface area contributed by atoms with Crippen LogP contribution in [0.4, 0.5) is 34.8 Å². The number of nitrogens with two attached hydrogens (primary N) is 1. The van der Waals surface area contributed by atoms with E-state index in [1.807, 2.05) is 28.9 Å². The highest BCUT2D eigenvalue weighted by molar-refractivity contribution is 6.06. The SMILES string of the molecule is [C-]#[N+]c1ccc(CN2CCC(n3nc(-c4ccc(NC(=O)c5ccc(C(F)(F)F)cc5F)c(OC)c4)c4c(N)ncnc43)CC2)cc1. The number of anilines is 2. The molecule has 1 saturated heterocycles. The summed E-state index contributed by atoms with van der Waals surface area (Å²) in [6, 6.07) is 14.2. The molecule has 47 heavy (non-hydrogen) atoms. The number of methoxy groups -OCH3 is 1. The Labute approximate surface area is 266 Å². The van der Waals surface area contributed by atoms with Crippen molar-refractivity contribution >= 4 is 34.1 Å². The Kier molecular flexibility index (Phi) is 8.48. The van der Waals surface area contributed by atoms with E-state index in [9.17, 15) is 22.4 Å². The third kappa shape index (κ3) is 6.43. The zero-order valence-corrected chi connectivity index (χ0v) is 25.1. The highest BCUT2D eigenvalue weighted by atomic mass is 19.4. The minimum atomic E-state index is -4.74. The maximum Gasteiger partial charge on any atom is 0.416 e. The molecule has 0 unspecified atom stereocenters. The number of alkyl halides is 3. The van der Waals surface area contributed by atoms with Gasteiger partial charge in [0.2, 0.25) is 0 Å². The van der Waals surface area contributed by atoms with Gasteiger partial charge in [-0.25, -0.2) is 23.9 Å². The molecule has 5 aromatic rings. The van der Waals surface area contributed by atoms with Gasteiger partial charge < -0.3 is 15.8 Å². The number of carbonyl (C=O) groups is 1. The first-order chi connectivity index (χ1) is 22.5.